The highest BCUT2D eigenvalue weighted by molar-refractivity contribution is 9.25. The number of carbonyl (C=O) groups excluding carboxylic acids is 1. The lowest BCUT2D eigenvalue weighted by molar-refractivity contribution is -0.125. The second-order valence-electron chi connectivity index (χ2n) is 5.52. The van der Waals surface area contributed by atoms with Crippen LogP contribution in [0.3, 0.4) is 0 Å². The van der Waals surface area contributed by atoms with E-state index in [0.717, 1.165) is 29.9 Å². The predicted octanol–water partition coefficient (Wildman–Crippen LogP) is 4.21. The Bertz CT molecular complexity index is 584. The van der Waals surface area contributed by atoms with Crippen molar-refractivity contribution >= 4 is 43.5 Å². The molecule has 1 atom stereocenters. The zero-order valence-electron chi connectivity index (χ0n) is 13.0. The second kappa shape index (κ2) is 6.71. The van der Waals surface area contributed by atoms with Crippen LogP contribution in [0.4, 0.5) is 0 Å². The molecular weight excluding hydrogens is 412 g/mol. The molecule has 1 aliphatic carbocycles. The Morgan fingerprint density at radius 1 is 1.32 bits per heavy atom. The Kier molecular flexibility index (Phi) is 5.33. The molecule has 0 aromatic heterocycles. The summed E-state index contributed by atoms with van der Waals surface area (Å²) in [5, 5.41) is 4.29. The van der Waals surface area contributed by atoms with Crippen molar-refractivity contribution in [1.82, 2.24) is 5.43 Å². The Balaban J connectivity index is 2.06. The normalized spacial score (nSPS) is 23.0. The van der Waals surface area contributed by atoms with Gasteiger partial charge in [-0.05, 0) is 56.5 Å². The minimum Gasteiger partial charge on any atom is -0.494 e. The van der Waals surface area contributed by atoms with Gasteiger partial charge in [0.05, 0.1) is 21.0 Å². The molecule has 1 aromatic carbocycles. The first-order valence-electron chi connectivity index (χ1n) is 7.32. The van der Waals surface area contributed by atoms with Crippen LogP contribution in [-0.4, -0.2) is 21.5 Å². The van der Waals surface area contributed by atoms with E-state index in [0.29, 0.717) is 6.61 Å². The fourth-order valence-electron chi connectivity index (χ4n) is 2.15. The third kappa shape index (κ3) is 3.54. The third-order valence-electron chi connectivity index (χ3n) is 3.88. The van der Waals surface area contributed by atoms with Crippen LogP contribution in [0.2, 0.25) is 0 Å². The van der Waals surface area contributed by atoms with Crippen LogP contribution < -0.4 is 10.2 Å². The van der Waals surface area contributed by atoms with Crippen molar-refractivity contribution in [3.05, 3.63) is 29.8 Å². The Hall–Kier alpha value is -0.880. The van der Waals surface area contributed by atoms with Gasteiger partial charge in [0.15, 0.2) is 0 Å². The Labute approximate surface area is 148 Å². The van der Waals surface area contributed by atoms with Crippen molar-refractivity contribution in [3.8, 4) is 5.75 Å². The number of ether oxygens (including phenoxy) is 1. The van der Waals surface area contributed by atoms with Gasteiger partial charge < -0.3 is 4.74 Å². The molecule has 1 aliphatic rings. The van der Waals surface area contributed by atoms with Crippen molar-refractivity contribution in [2.45, 2.75) is 36.8 Å². The monoisotopic (exact) mass is 430 g/mol. The molecule has 120 valence electrons. The topological polar surface area (TPSA) is 50.7 Å². The van der Waals surface area contributed by atoms with E-state index in [1.807, 2.05) is 45.0 Å². The van der Waals surface area contributed by atoms with Crippen LogP contribution in [0.5, 0.6) is 5.75 Å². The largest absolute Gasteiger partial charge is 0.494 e. The molecule has 1 fully saturated rings. The maximum Gasteiger partial charge on any atom is 0.248 e. The maximum absolute atomic E-state index is 12.2. The molecule has 1 N–H and O–H groups in total. The van der Waals surface area contributed by atoms with E-state index in [1.54, 1.807) is 0 Å². The smallest absolute Gasteiger partial charge is 0.248 e. The van der Waals surface area contributed by atoms with Crippen molar-refractivity contribution in [3.63, 3.8) is 0 Å². The Morgan fingerprint density at radius 2 is 1.91 bits per heavy atom. The number of nitrogens with one attached hydrogen (secondary N) is 1. The number of alkyl halides is 2. The summed E-state index contributed by atoms with van der Waals surface area (Å²) in [6.07, 6.45) is 1.48. The minimum absolute atomic E-state index is 0.0851. The zero-order valence-corrected chi connectivity index (χ0v) is 16.1. The van der Waals surface area contributed by atoms with Gasteiger partial charge >= 0.3 is 0 Å². The molecule has 1 saturated carbocycles. The first-order valence-corrected chi connectivity index (χ1v) is 8.90. The summed E-state index contributed by atoms with van der Waals surface area (Å²) in [6.45, 7) is 6.52. The number of amides is 1. The van der Waals surface area contributed by atoms with Crippen LogP contribution >= 0.6 is 31.9 Å². The number of rotatable bonds is 6. The van der Waals surface area contributed by atoms with Crippen LogP contribution in [0.25, 0.3) is 0 Å². The number of hydrogen-bond acceptors (Lipinski definition) is 3. The first-order chi connectivity index (χ1) is 10.3. The molecule has 22 heavy (non-hydrogen) atoms. The molecule has 6 heteroatoms. The summed E-state index contributed by atoms with van der Waals surface area (Å²) < 4.78 is 5.12. The molecule has 0 saturated heterocycles. The van der Waals surface area contributed by atoms with E-state index >= 15 is 0 Å². The molecule has 0 radical (unpaired) electrons. The minimum atomic E-state index is -0.464. The maximum atomic E-state index is 12.2. The molecule has 0 spiro atoms. The van der Waals surface area contributed by atoms with Gasteiger partial charge in [0.2, 0.25) is 5.91 Å². The second-order valence-corrected chi connectivity index (χ2v) is 9.30. The highest BCUT2D eigenvalue weighted by Gasteiger charge is 2.66. The van der Waals surface area contributed by atoms with Crippen LogP contribution in [0.1, 0.15) is 39.2 Å². The lowest BCUT2D eigenvalue weighted by atomic mass is 10.1. The van der Waals surface area contributed by atoms with Gasteiger partial charge in [-0.25, -0.2) is 5.43 Å². The van der Waals surface area contributed by atoms with Crippen LogP contribution in [0, 0.1) is 5.41 Å². The van der Waals surface area contributed by atoms with E-state index in [9.17, 15) is 4.79 Å². The standard InChI is InChI=1S/C16H20Br2N2O2/c1-4-13(11-6-8-12(9-7-11)22-5-2)19-20-14(21)15(3)10-16(15,17)18/h6-9H,4-5,10H2,1-3H3,(H,20,21)/b19-13-/t15-/m0/s1. The van der Waals surface area contributed by atoms with E-state index < -0.39 is 5.41 Å². The molecule has 4 nitrogen and oxygen atoms in total. The average Bonchev–Trinajstić information content (AvgIpc) is 3.01. The highest BCUT2D eigenvalue weighted by atomic mass is 79.9. The molecule has 0 unspecified atom stereocenters. The summed E-state index contributed by atoms with van der Waals surface area (Å²) in [6, 6.07) is 7.74. The van der Waals surface area contributed by atoms with Crippen molar-refractivity contribution in [2.75, 3.05) is 6.61 Å². The summed E-state index contributed by atoms with van der Waals surface area (Å²) in [4.78, 5) is 12.2. The summed E-state index contributed by atoms with van der Waals surface area (Å²) >= 11 is 6.99. The number of hydrazone groups is 1. The van der Waals surface area contributed by atoms with Crippen molar-refractivity contribution < 1.29 is 9.53 Å². The van der Waals surface area contributed by atoms with E-state index in [4.69, 9.17) is 4.74 Å². The van der Waals surface area contributed by atoms with Gasteiger partial charge in [-0.1, -0.05) is 38.8 Å². The summed E-state index contributed by atoms with van der Waals surface area (Å²) in [7, 11) is 0. The SMILES string of the molecule is CCOc1ccc(/C(CC)=N\NC(=O)[C@]2(C)CC2(Br)Br)cc1. The number of carbonyl (C=O) groups is 1. The number of nitrogens with zero attached hydrogens (tertiary/aromatic N) is 1. The zero-order chi connectivity index (χ0) is 16.4. The van der Waals surface area contributed by atoms with Gasteiger partial charge in [0.25, 0.3) is 0 Å². The first kappa shape index (κ1) is 17.5. The number of hydrogen-bond donors (Lipinski definition) is 1. The summed E-state index contributed by atoms with van der Waals surface area (Å²) in [5.74, 6) is 0.748. The van der Waals surface area contributed by atoms with E-state index in [1.165, 1.54) is 0 Å². The number of benzene rings is 1. The van der Waals surface area contributed by atoms with Gasteiger partial charge in [-0.15, -0.1) is 0 Å². The highest BCUT2D eigenvalue weighted by Crippen LogP contribution is 2.66. The molecule has 2 rings (SSSR count). The van der Waals surface area contributed by atoms with Crippen molar-refractivity contribution in [1.29, 1.82) is 0 Å². The van der Waals surface area contributed by atoms with Crippen LogP contribution in [-0.2, 0) is 4.79 Å². The number of halogens is 2. The van der Waals surface area contributed by atoms with E-state index in [2.05, 4.69) is 42.4 Å². The molecular formula is C16H20Br2N2O2. The van der Waals surface area contributed by atoms with Gasteiger partial charge in [-0.2, -0.15) is 5.10 Å². The Morgan fingerprint density at radius 3 is 2.36 bits per heavy atom. The lowest BCUT2D eigenvalue weighted by Gasteiger charge is -2.11. The molecule has 0 aliphatic heterocycles. The fraction of sp³-hybridized carbons (Fsp3) is 0.500. The quantitative estimate of drug-likeness (QED) is 0.416. The van der Waals surface area contributed by atoms with Gasteiger partial charge in [-0.3, -0.25) is 4.79 Å². The molecule has 1 amide bonds. The van der Waals surface area contributed by atoms with Gasteiger partial charge in [0.1, 0.15) is 5.75 Å². The molecule has 0 heterocycles. The third-order valence-corrected chi connectivity index (χ3v) is 6.20. The van der Waals surface area contributed by atoms with Crippen LogP contribution in [0.15, 0.2) is 29.4 Å². The molecule has 1 aromatic rings. The molecule has 0 bridgehead atoms. The van der Waals surface area contributed by atoms with E-state index in [-0.39, 0.29) is 9.14 Å². The summed E-state index contributed by atoms with van der Waals surface area (Å²) in [5.41, 5.74) is 4.05. The van der Waals surface area contributed by atoms with Gasteiger partial charge in [0, 0.05) is 0 Å². The van der Waals surface area contributed by atoms with Crippen molar-refractivity contribution in [2.24, 2.45) is 10.5 Å². The average molecular weight is 432 g/mol. The fourth-order valence-corrected chi connectivity index (χ4v) is 3.63. The predicted molar refractivity (Wildman–Crippen MR) is 95.9 cm³/mol. The lowest BCUT2D eigenvalue weighted by Crippen LogP contribution is -2.30.